The third kappa shape index (κ3) is 0.766. The Morgan fingerprint density at radius 2 is 1.56 bits per heavy atom. The second kappa shape index (κ2) is 1.90. The molecule has 0 saturated heterocycles. The molecule has 0 spiro atoms. The summed E-state index contributed by atoms with van der Waals surface area (Å²) in [5, 5.41) is 0. The maximum Gasteiger partial charge on any atom is 0.00401 e. The molecule has 1 nitrogen and oxygen atoms in total. The Bertz CT molecular complexity index is 180. The Kier molecular flexibility index (Phi) is 1.08. The van der Waals surface area contributed by atoms with Crippen LogP contribution in [0, 0.1) is 0 Å². The molecule has 1 aromatic heterocycles. The summed E-state index contributed by atoms with van der Waals surface area (Å²) in [7, 11) is 0. The Morgan fingerprint density at radius 1 is 1.00 bits per heavy atom. The van der Waals surface area contributed by atoms with E-state index in [1.165, 1.54) is 25.7 Å². The molecule has 0 atom stereocenters. The average molecular weight is 121 g/mol. The summed E-state index contributed by atoms with van der Waals surface area (Å²) >= 11 is 0. The van der Waals surface area contributed by atoms with Crippen LogP contribution in [0.3, 0.4) is 0 Å². The molecule has 0 fully saturated rings. The van der Waals surface area contributed by atoms with E-state index >= 15 is 0 Å². The minimum absolute atomic E-state index is 1.29. The lowest BCUT2D eigenvalue weighted by Crippen LogP contribution is -1.97. The first kappa shape index (κ1) is 5.10. The SMILES string of the molecule is c1[nH]cc2c1CCCC2. The van der Waals surface area contributed by atoms with Gasteiger partial charge in [0.2, 0.25) is 0 Å². The number of H-pyrrole nitrogens is 1. The summed E-state index contributed by atoms with van der Waals surface area (Å²) in [6.45, 7) is 0. The summed E-state index contributed by atoms with van der Waals surface area (Å²) in [5.41, 5.74) is 3.09. The van der Waals surface area contributed by atoms with Gasteiger partial charge >= 0.3 is 0 Å². The van der Waals surface area contributed by atoms with E-state index < -0.39 is 0 Å². The van der Waals surface area contributed by atoms with Crippen LogP contribution in [0.15, 0.2) is 12.4 Å². The lowest BCUT2D eigenvalue weighted by atomic mass is 9.96. The van der Waals surface area contributed by atoms with Gasteiger partial charge in [0.25, 0.3) is 0 Å². The van der Waals surface area contributed by atoms with Gasteiger partial charge in [0.1, 0.15) is 0 Å². The quantitative estimate of drug-likeness (QED) is 0.539. The normalized spacial score (nSPS) is 17.3. The topological polar surface area (TPSA) is 15.8 Å². The maximum atomic E-state index is 3.14. The van der Waals surface area contributed by atoms with Crippen molar-refractivity contribution in [3.63, 3.8) is 0 Å². The molecule has 0 bridgehead atoms. The largest absolute Gasteiger partial charge is 0.367 e. The number of hydrogen-bond acceptors (Lipinski definition) is 0. The van der Waals surface area contributed by atoms with Gasteiger partial charge in [-0.05, 0) is 36.8 Å². The highest BCUT2D eigenvalue weighted by Gasteiger charge is 2.07. The summed E-state index contributed by atoms with van der Waals surface area (Å²) < 4.78 is 0. The van der Waals surface area contributed by atoms with Crippen LogP contribution < -0.4 is 0 Å². The molecule has 48 valence electrons. The molecule has 0 saturated carbocycles. The highest BCUT2D eigenvalue weighted by Crippen LogP contribution is 2.19. The lowest BCUT2D eigenvalue weighted by Gasteiger charge is -2.08. The number of hydrogen-bond donors (Lipinski definition) is 1. The second-order valence-corrected chi connectivity index (χ2v) is 2.71. The fourth-order valence-corrected chi connectivity index (χ4v) is 1.52. The molecule has 1 aromatic rings. The van der Waals surface area contributed by atoms with Crippen molar-refractivity contribution in [2.45, 2.75) is 25.7 Å². The van der Waals surface area contributed by atoms with E-state index in [0.717, 1.165) is 0 Å². The van der Waals surface area contributed by atoms with Gasteiger partial charge in [0.15, 0.2) is 0 Å². The first-order valence-electron chi connectivity index (χ1n) is 3.61. The van der Waals surface area contributed by atoms with Gasteiger partial charge in [-0.1, -0.05) is 0 Å². The van der Waals surface area contributed by atoms with Crippen LogP contribution in [0.1, 0.15) is 24.0 Å². The fourth-order valence-electron chi connectivity index (χ4n) is 1.52. The van der Waals surface area contributed by atoms with Crippen LogP contribution in [0.2, 0.25) is 0 Å². The number of aromatic amines is 1. The lowest BCUT2D eigenvalue weighted by molar-refractivity contribution is 0.690. The van der Waals surface area contributed by atoms with E-state index in [0.29, 0.717) is 0 Å². The average Bonchev–Trinajstić information content (AvgIpc) is 2.33. The van der Waals surface area contributed by atoms with Gasteiger partial charge in [-0.25, -0.2) is 0 Å². The smallest absolute Gasteiger partial charge is 0.00401 e. The van der Waals surface area contributed by atoms with Crippen LogP contribution in [0.4, 0.5) is 0 Å². The van der Waals surface area contributed by atoms with Crippen molar-refractivity contribution in [1.29, 1.82) is 0 Å². The molecule has 0 aliphatic heterocycles. The minimum Gasteiger partial charge on any atom is -0.367 e. The summed E-state index contributed by atoms with van der Waals surface area (Å²) in [5.74, 6) is 0. The Hall–Kier alpha value is -0.720. The molecule has 1 N–H and O–H groups in total. The number of aryl methyl sites for hydroxylation is 2. The van der Waals surface area contributed by atoms with Gasteiger partial charge in [0, 0.05) is 12.4 Å². The van der Waals surface area contributed by atoms with Crippen molar-refractivity contribution < 1.29 is 0 Å². The van der Waals surface area contributed by atoms with E-state index in [-0.39, 0.29) is 0 Å². The molecule has 2 rings (SSSR count). The van der Waals surface area contributed by atoms with E-state index in [1.807, 2.05) is 0 Å². The first-order chi connectivity index (χ1) is 4.47. The molecule has 0 radical (unpaired) electrons. The number of rotatable bonds is 0. The van der Waals surface area contributed by atoms with Crippen LogP contribution >= 0.6 is 0 Å². The van der Waals surface area contributed by atoms with Crippen LogP contribution in [-0.4, -0.2) is 4.98 Å². The molecule has 1 aliphatic carbocycles. The fraction of sp³-hybridized carbons (Fsp3) is 0.500. The van der Waals surface area contributed by atoms with Crippen molar-refractivity contribution in [3.8, 4) is 0 Å². The summed E-state index contributed by atoms with van der Waals surface area (Å²) in [6, 6.07) is 0. The third-order valence-corrected chi connectivity index (χ3v) is 2.07. The molecule has 1 aliphatic rings. The highest BCUT2D eigenvalue weighted by molar-refractivity contribution is 5.25. The van der Waals surface area contributed by atoms with Gasteiger partial charge in [0.05, 0.1) is 0 Å². The molecule has 0 amide bonds. The molecule has 0 unspecified atom stereocenters. The van der Waals surface area contributed by atoms with Crippen LogP contribution in [0.25, 0.3) is 0 Å². The molecule has 1 heteroatoms. The third-order valence-electron chi connectivity index (χ3n) is 2.07. The number of fused-ring (bicyclic) bond motifs is 1. The van der Waals surface area contributed by atoms with Crippen molar-refractivity contribution in [2.75, 3.05) is 0 Å². The monoisotopic (exact) mass is 121 g/mol. The van der Waals surface area contributed by atoms with Crippen molar-refractivity contribution in [3.05, 3.63) is 23.5 Å². The Labute approximate surface area is 55.1 Å². The maximum absolute atomic E-state index is 3.14. The number of aromatic nitrogens is 1. The highest BCUT2D eigenvalue weighted by atomic mass is 14.6. The minimum atomic E-state index is 1.29. The van der Waals surface area contributed by atoms with Crippen LogP contribution in [-0.2, 0) is 12.8 Å². The van der Waals surface area contributed by atoms with Crippen molar-refractivity contribution >= 4 is 0 Å². The predicted molar refractivity (Wildman–Crippen MR) is 37.4 cm³/mol. The zero-order chi connectivity index (χ0) is 6.10. The molecule has 9 heavy (non-hydrogen) atoms. The second-order valence-electron chi connectivity index (χ2n) is 2.71. The zero-order valence-electron chi connectivity index (χ0n) is 5.48. The first-order valence-corrected chi connectivity index (χ1v) is 3.61. The van der Waals surface area contributed by atoms with E-state index in [1.54, 1.807) is 11.1 Å². The van der Waals surface area contributed by atoms with Gasteiger partial charge in [-0.2, -0.15) is 0 Å². The molecule has 0 aromatic carbocycles. The summed E-state index contributed by atoms with van der Waals surface area (Å²) in [4.78, 5) is 3.14. The van der Waals surface area contributed by atoms with E-state index in [9.17, 15) is 0 Å². The van der Waals surface area contributed by atoms with Gasteiger partial charge < -0.3 is 4.98 Å². The van der Waals surface area contributed by atoms with Crippen molar-refractivity contribution in [2.24, 2.45) is 0 Å². The van der Waals surface area contributed by atoms with Gasteiger partial charge in [-0.15, -0.1) is 0 Å². The predicted octanol–water partition coefficient (Wildman–Crippen LogP) is 1.89. The molecular weight excluding hydrogens is 110 g/mol. The van der Waals surface area contributed by atoms with E-state index in [2.05, 4.69) is 17.4 Å². The standard InChI is InChI=1S/C8H11N/c1-2-4-8-6-9-5-7(8)3-1/h5-6,9H,1-4H2. The Balaban J connectivity index is 2.39. The number of nitrogens with one attached hydrogen (secondary N) is 1. The Morgan fingerprint density at radius 3 is 2.11 bits per heavy atom. The zero-order valence-corrected chi connectivity index (χ0v) is 5.48. The van der Waals surface area contributed by atoms with Crippen molar-refractivity contribution in [1.82, 2.24) is 4.98 Å². The molecule has 1 heterocycles. The van der Waals surface area contributed by atoms with Crippen LogP contribution in [0.5, 0.6) is 0 Å². The molecular formula is C8H11N. The van der Waals surface area contributed by atoms with Gasteiger partial charge in [-0.3, -0.25) is 0 Å². The summed E-state index contributed by atoms with van der Waals surface area (Å²) in [6.07, 6.45) is 9.61. The van der Waals surface area contributed by atoms with E-state index in [4.69, 9.17) is 0 Å².